The second kappa shape index (κ2) is 8.26. The number of nitrogens with one attached hydrogen (secondary N) is 1. The van der Waals surface area contributed by atoms with E-state index >= 15 is 0 Å². The average molecular weight is 389 g/mol. The van der Waals surface area contributed by atoms with Crippen molar-refractivity contribution < 1.29 is 0 Å². The van der Waals surface area contributed by atoms with Gasteiger partial charge in [-0.15, -0.1) is 0 Å². The van der Waals surface area contributed by atoms with Crippen molar-refractivity contribution >= 4 is 11.2 Å². The molecule has 0 aliphatic heterocycles. The molecular weight excluding hydrogens is 366 g/mol. The molecule has 1 N–H and O–H groups in total. The van der Waals surface area contributed by atoms with Gasteiger partial charge >= 0.3 is 5.69 Å². The number of H-pyrrole nitrogens is 1. The lowest BCUT2D eigenvalue weighted by Gasteiger charge is -2.10. The molecule has 0 saturated carbocycles. The van der Waals surface area contributed by atoms with E-state index in [1.165, 1.54) is 4.57 Å². The number of hydrogen-bond acceptors (Lipinski definition) is 4. The summed E-state index contributed by atoms with van der Waals surface area (Å²) in [5.74, 6) is 0.658. The first-order valence-electron chi connectivity index (χ1n) is 9.82. The highest BCUT2D eigenvalue weighted by molar-refractivity contribution is 5.70. The number of benzene rings is 1. The van der Waals surface area contributed by atoms with Crippen LogP contribution in [0, 0.1) is 0 Å². The molecule has 0 amide bonds. The number of rotatable bonds is 7. The van der Waals surface area contributed by atoms with Gasteiger partial charge in [-0.25, -0.2) is 9.78 Å². The molecule has 148 valence electrons. The Morgan fingerprint density at radius 1 is 0.931 bits per heavy atom. The molecule has 4 rings (SSSR count). The Kier molecular flexibility index (Phi) is 5.37. The van der Waals surface area contributed by atoms with E-state index in [-0.39, 0.29) is 11.2 Å². The number of imidazole rings is 1. The first-order chi connectivity index (χ1) is 14.2. The third-order valence-corrected chi connectivity index (χ3v) is 4.95. The summed E-state index contributed by atoms with van der Waals surface area (Å²) in [5.41, 5.74) is 2.36. The minimum Gasteiger partial charge on any atom is -0.336 e. The summed E-state index contributed by atoms with van der Waals surface area (Å²) in [5, 5.41) is 0. The third-order valence-electron chi connectivity index (χ3n) is 4.95. The van der Waals surface area contributed by atoms with Crippen molar-refractivity contribution in [2.24, 2.45) is 0 Å². The van der Waals surface area contributed by atoms with E-state index < -0.39 is 0 Å². The van der Waals surface area contributed by atoms with E-state index in [0.29, 0.717) is 49.3 Å². The lowest BCUT2D eigenvalue weighted by atomic mass is 10.1. The van der Waals surface area contributed by atoms with Gasteiger partial charge in [0.1, 0.15) is 11.3 Å². The Hall–Kier alpha value is -3.48. The van der Waals surface area contributed by atoms with Crippen LogP contribution >= 0.6 is 0 Å². The Morgan fingerprint density at radius 3 is 2.41 bits per heavy atom. The number of pyridine rings is 1. The van der Waals surface area contributed by atoms with Crippen LogP contribution in [0.25, 0.3) is 11.2 Å². The molecule has 3 heterocycles. The maximum atomic E-state index is 13.0. The van der Waals surface area contributed by atoms with Gasteiger partial charge in [0.2, 0.25) is 0 Å². The fraction of sp³-hybridized carbons (Fsp3) is 0.273. The molecule has 0 saturated heterocycles. The van der Waals surface area contributed by atoms with Crippen LogP contribution in [0.15, 0.2) is 64.4 Å². The predicted molar refractivity (Wildman–Crippen MR) is 112 cm³/mol. The molecule has 0 atom stereocenters. The largest absolute Gasteiger partial charge is 0.336 e. The first kappa shape index (κ1) is 18.9. The lowest BCUT2D eigenvalue weighted by Crippen LogP contribution is -2.40. The molecule has 29 heavy (non-hydrogen) atoms. The summed E-state index contributed by atoms with van der Waals surface area (Å²) in [7, 11) is 0. The molecule has 4 aromatic rings. The van der Waals surface area contributed by atoms with Gasteiger partial charge in [-0.3, -0.25) is 18.9 Å². The second-order valence-corrected chi connectivity index (χ2v) is 7.04. The highest BCUT2D eigenvalue weighted by Crippen LogP contribution is 2.11. The van der Waals surface area contributed by atoms with Crippen LogP contribution in [0.3, 0.4) is 0 Å². The quantitative estimate of drug-likeness (QED) is 0.526. The zero-order valence-corrected chi connectivity index (χ0v) is 16.3. The SMILES string of the molecule is CCCn1c(=O)c2[nH]c(Cc3ccncc3)nc2n(CCc2ccccc2)c1=O. The molecule has 1 aromatic carbocycles. The van der Waals surface area contributed by atoms with Crippen LogP contribution in [0.2, 0.25) is 0 Å². The van der Waals surface area contributed by atoms with Gasteiger partial charge in [0.25, 0.3) is 5.56 Å². The van der Waals surface area contributed by atoms with Gasteiger partial charge in [0, 0.05) is 31.9 Å². The number of aromatic amines is 1. The molecule has 0 spiro atoms. The summed E-state index contributed by atoms with van der Waals surface area (Å²) in [6, 6.07) is 13.8. The maximum absolute atomic E-state index is 13.0. The van der Waals surface area contributed by atoms with Crippen molar-refractivity contribution in [2.45, 2.75) is 39.3 Å². The van der Waals surface area contributed by atoms with Crippen molar-refractivity contribution in [1.29, 1.82) is 0 Å². The van der Waals surface area contributed by atoms with Crippen molar-refractivity contribution in [3.8, 4) is 0 Å². The van der Waals surface area contributed by atoms with E-state index in [4.69, 9.17) is 0 Å². The van der Waals surface area contributed by atoms with Gasteiger partial charge < -0.3 is 4.98 Å². The van der Waals surface area contributed by atoms with Crippen LogP contribution in [0.5, 0.6) is 0 Å². The van der Waals surface area contributed by atoms with Gasteiger partial charge in [-0.05, 0) is 36.1 Å². The number of hydrogen-bond donors (Lipinski definition) is 1. The molecular formula is C22H23N5O2. The van der Waals surface area contributed by atoms with E-state index in [1.807, 2.05) is 49.4 Å². The van der Waals surface area contributed by atoms with E-state index in [9.17, 15) is 9.59 Å². The monoisotopic (exact) mass is 389 g/mol. The number of nitrogens with zero attached hydrogens (tertiary/aromatic N) is 4. The summed E-state index contributed by atoms with van der Waals surface area (Å²) in [6.07, 6.45) is 5.38. The van der Waals surface area contributed by atoms with Crippen LogP contribution in [0.4, 0.5) is 0 Å². The summed E-state index contributed by atoms with van der Waals surface area (Å²) >= 11 is 0. The summed E-state index contributed by atoms with van der Waals surface area (Å²) < 4.78 is 2.92. The molecule has 0 unspecified atom stereocenters. The minimum atomic E-state index is -0.309. The lowest BCUT2D eigenvalue weighted by molar-refractivity contribution is 0.559. The Labute approximate surface area is 167 Å². The maximum Gasteiger partial charge on any atom is 0.332 e. The van der Waals surface area contributed by atoms with Crippen LogP contribution in [-0.2, 0) is 25.9 Å². The summed E-state index contributed by atoms with van der Waals surface area (Å²) in [4.78, 5) is 37.7. The normalized spacial score (nSPS) is 11.2. The predicted octanol–water partition coefficient (Wildman–Crippen LogP) is 2.52. The Bertz CT molecular complexity index is 1220. The zero-order valence-electron chi connectivity index (χ0n) is 16.3. The number of aryl methyl sites for hydroxylation is 2. The van der Waals surface area contributed by atoms with Gasteiger partial charge in [0.05, 0.1) is 0 Å². The van der Waals surface area contributed by atoms with Crippen molar-refractivity contribution in [3.63, 3.8) is 0 Å². The van der Waals surface area contributed by atoms with Gasteiger partial charge in [-0.2, -0.15) is 0 Å². The van der Waals surface area contributed by atoms with Crippen LogP contribution in [0.1, 0.15) is 30.3 Å². The molecule has 0 aliphatic carbocycles. The smallest absolute Gasteiger partial charge is 0.332 e. The fourth-order valence-electron chi connectivity index (χ4n) is 3.50. The highest BCUT2D eigenvalue weighted by Gasteiger charge is 2.17. The Balaban J connectivity index is 1.78. The topological polar surface area (TPSA) is 85.6 Å². The summed E-state index contributed by atoms with van der Waals surface area (Å²) in [6.45, 7) is 2.80. The van der Waals surface area contributed by atoms with Crippen LogP contribution in [-0.4, -0.2) is 24.1 Å². The van der Waals surface area contributed by atoms with Gasteiger partial charge in [-0.1, -0.05) is 37.3 Å². The zero-order chi connectivity index (χ0) is 20.2. The Morgan fingerprint density at radius 2 is 1.69 bits per heavy atom. The van der Waals surface area contributed by atoms with Crippen molar-refractivity contribution in [3.05, 3.63) is 92.6 Å². The molecule has 0 radical (unpaired) electrons. The molecule has 3 aromatic heterocycles. The minimum absolute atomic E-state index is 0.303. The van der Waals surface area contributed by atoms with Crippen molar-refractivity contribution in [1.82, 2.24) is 24.1 Å². The number of aromatic nitrogens is 5. The van der Waals surface area contributed by atoms with Crippen LogP contribution < -0.4 is 11.2 Å². The molecule has 7 heteroatoms. The molecule has 0 bridgehead atoms. The molecule has 0 aliphatic rings. The van der Waals surface area contributed by atoms with E-state index in [2.05, 4.69) is 15.0 Å². The second-order valence-electron chi connectivity index (χ2n) is 7.04. The number of fused-ring (bicyclic) bond motifs is 1. The molecule has 0 fully saturated rings. The first-order valence-corrected chi connectivity index (χ1v) is 9.82. The average Bonchev–Trinajstić information content (AvgIpc) is 3.16. The fourth-order valence-corrected chi connectivity index (χ4v) is 3.50. The molecule has 7 nitrogen and oxygen atoms in total. The van der Waals surface area contributed by atoms with E-state index in [0.717, 1.165) is 11.1 Å². The van der Waals surface area contributed by atoms with E-state index in [1.54, 1.807) is 17.0 Å². The highest BCUT2D eigenvalue weighted by atomic mass is 16.2. The van der Waals surface area contributed by atoms with Crippen molar-refractivity contribution in [2.75, 3.05) is 0 Å². The standard InChI is InChI=1S/C22H23N5O2/c1-2-13-27-21(28)19-20(25-18(24-19)15-17-8-11-23-12-9-17)26(22(27)29)14-10-16-6-4-3-5-7-16/h3-9,11-12H,2,10,13-15H2,1H3,(H,24,25). The van der Waals surface area contributed by atoms with Gasteiger partial charge in [0.15, 0.2) is 5.65 Å². The third kappa shape index (κ3) is 3.89.